The molecule has 1 N–H and O–H groups in total. The zero-order chi connectivity index (χ0) is 41.4. The summed E-state index contributed by atoms with van der Waals surface area (Å²) >= 11 is 0. The van der Waals surface area contributed by atoms with E-state index in [1.165, 1.54) is 0 Å². The predicted molar refractivity (Wildman–Crippen MR) is 235 cm³/mol. The summed E-state index contributed by atoms with van der Waals surface area (Å²) in [6.07, 6.45) is 0.631. The minimum absolute atomic E-state index is 0.0254. The number of carbonyl (C=O) groups excluding carboxylic acids is 4. The summed E-state index contributed by atoms with van der Waals surface area (Å²) in [5.74, 6) is -1.09. The molecule has 1 atom stereocenters. The summed E-state index contributed by atoms with van der Waals surface area (Å²) in [6.45, 7) is 1.30. The Morgan fingerprint density at radius 2 is 1.33 bits per heavy atom. The highest BCUT2D eigenvalue weighted by Crippen LogP contribution is 2.44. The first-order valence-corrected chi connectivity index (χ1v) is 20.8. The van der Waals surface area contributed by atoms with Crippen LogP contribution in [0.25, 0.3) is 21.9 Å². The van der Waals surface area contributed by atoms with E-state index in [4.69, 9.17) is 4.74 Å². The smallest absolute Gasteiger partial charge is 0.411 e. The predicted octanol–water partition coefficient (Wildman–Crippen LogP) is 8.49. The number of ketones is 1. The average molecular weight is 799 g/mol. The molecular formula is C51H50N4O5. The maximum atomic E-state index is 15.1. The Bertz CT molecular complexity index is 2390. The van der Waals surface area contributed by atoms with Crippen molar-refractivity contribution in [3.8, 4) is 11.1 Å². The largest absolute Gasteiger partial charge is 0.448 e. The Labute approximate surface area is 351 Å². The highest BCUT2D eigenvalue weighted by Gasteiger charge is 2.38. The number of hydrogen-bond acceptors (Lipinski definition) is 6. The molecule has 9 heteroatoms. The monoisotopic (exact) mass is 798 g/mol. The molecule has 0 bridgehead atoms. The Morgan fingerprint density at radius 3 is 2.00 bits per heavy atom. The lowest BCUT2D eigenvalue weighted by Gasteiger charge is -2.36. The number of nitrogens with zero attached hydrogens (tertiary/aromatic N) is 3. The molecule has 60 heavy (non-hydrogen) atoms. The molecule has 1 heterocycles. The van der Waals surface area contributed by atoms with Gasteiger partial charge in [-0.25, -0.2) is 4.79 Å². The van der Waals surface area contributed by atoms with Gasteiger partial charge in [-0.1, -0.05) is 140 Å². The lowest BCUT2D eigenvalue weighted by atomic mass is 9.90. The first-order valence-electron chi connectivity index (χ1n) is 20.8. The highest BCUT2D eigenvalue weighted by atomic mass is 16.6. The standard InChI is InChI=1S/C51H50N4O5/c1-53-29-14-25-48(55(35-53)51(59)60-34-47-44-23-12-10-21-42(44)43-22-11-13-24-45(43)47)50(58)54(33-46(37-16-4-2-5-17-37)38-18-6-3-7-19-38)30-28-41(56)32-52-49(57)40-27-26-36-15-8-9-20-39(36)31-40/h2-13,15-24,26-27,31,46-48H,14,25,28-30,32-35H2,1H3,(H,52,57)/t48-/m0/s1. The fourth-order valence-corrected chi connectivity index (χ4v) is 8.71. The number of hydrogen-bond donors (Lipinski definition) is 1. The van der Waals surface area contributed by atoms with E-state index in [2.05, 4.69) is 53.8 Å². The van der Waals surface area contributed by atoms with Crippen LogP contribution in [0.15, 0.2) is 152 Å². The normalized spacial score (nSPS) is 15.2. The van der Waals surface area contributed by atoms with Crippen LogP contribution in [0, 0.1) is 0 Å². The molecule has 1 saturated heterocycles. The second-order valence-electron chi connectivity index (χ2n) is 15.8. The van der Waals surface area contributed by atoms with E-state index >= 15 is 4.79 Å². The lowest BCUT2D eigenvalue weighted by molar-refractivity contribution is -0.137. The zero-order valence-electron chi connectivity index (χ0n) is 33.9. The summed E-state index contributed by atoms with van der Waals surface area (Å²) < 4.78 is 6.17. The minimum atomic E-state index is -0.805. The van der Waals surface area contributed by atoms with Crippen molar-refractivity contribution < 1.29 is 23.9 Å². The van der Waals surface area contributed by atoms with Gasteiger partial charge in [-0.05, 0) is 82.7 Å². The van der Waals surface area contributed by atoms with Crippen LogP contribution in [0.2, 0.25) is 0 Å². The maximum absolute atomic E-state index is 15.1. The molecule has 1 aliphatic carbocycles. The molecule has 0 unspecified atom stereocenters. The molecule has 1 aliphatic heterocycles. The van der Waals surface area contributed by atoms with E-state index in [1.807, 2.05) is 109 Å². The van der Waals surface area contributed by atoms with Gasteiger partial charge in [0.1, 0.15) is 12.6 Å². The number of rotatable bonds is 13. The van der Waals surface area contributed by atoms with E-state index in [-0.39, 0.29) is 68.8 Å². The van der Waals surface area contributed by atoms with Gasteiger partial charge in [0, 0.05) is 36.9 Å². The van der Waals surface area contributed by atoms with E-state index in [0.717, 1.165) is 44.2 Å². The molecule has 0 saturated carbocycles. The molecule has 2 aliphatic rings. The molecule has 8 rings (SSSR count). The van der Waals surface area contributed by atoms with Gasteiger partial charge in [0.2, 0.25) is 5.91 Å². The zero-order valence-corrected chi connectivity index (χ0v) is 33.9. The van der Waals surface area contributed by atoms with Crippen molar-refractivity contribution >= 4 is 34.5 Å². The number of benzene rings is 6. The van der Waals surface area contributed by atoms with Crippen molar-refractivity contribution in [3.05, 3.63) is 179 Å². The Morgan fingerprint density at radius 1 is 0.733 bits per heavy atom. The van der Waals surface area contributed by atoms with Gasteiger partial charge < -0.3 is 15.0 Å². The number of fused-ring (bicyclic) bond motifs is 4. The van der Waals surface area contributed by atoms with Crippen molar-refractivity contribution in [1.29, 1.82) is 0 Å². The van der Waals surface area contributed by atoms with E-state index < -0.39 is 12.1 Å². The maximum Gasteiger partial charge on any atom is 0.411 e. The van der Waals surface area contributed by atoms with Crippen molar-refractivity contribution in [1.82, 2.24) is 20.0 Å². The van der Waals surface area contributed by atoms with Crippen LogP contribution in [0.5, 0.6) is 0 Å². The summed E-state index contributed by atoms with van der Waals surface area (Å²) in [4.78, 5) is 61.4. The molecule has 9 nitrogen and oxygen atoms in total. The third-order valence-electron chi connectivity index (χ3n) is 11.9. The summed E-state index contributed by atoms with van der Waals surface area (Å²) in [5, 5.41) is 4.75. The first-order chi connectivity index (χ1) is 29.3. The summed E-state index contributed by atoms with van der Waals surface area (Å²) in [6, 6.07) is 49.0. The average Bonchev–Trinajstić information content (AvgIpc) is 3.47. The van der Waals surface area contributed by atoms with Crippen LogP contribution >= 0.6 is 0 Å². The van der Waals surface area contributed by atoms with Gasteiger partial charge in [-0.2, -0.15) is 0 Å². The van der Waals surface area contributed by atoms with E-state index in [1.54, 1.807) is 15.9 Å². The molecule has 3 amide bonds. The van der Waals surface area contributed by atoms with Crippen LogP contribution in [0.1, 0.15) is 63.7 Å². The molecule has 6 aromatic carbocycles. The molecule has 0 aromatic heterocycles. The number of ether oxygens (including phenoxy) is 1. The summed E-state index contributed by atoms with van der Waals surface area (Å²) in [7, 11) is 1.94. The number of Topliss-reactive ketones (excluding diaryl/α,β-unsaturated/α-hetero) is 1. The molecular weight excluding hydrogens is 749 g/mol. The minimum Gasteiger partial charge on any atom is -0.448 e. The van der Waals surface area contributed by atoms with Crippen LogP contribution in [-0.2, 0) is 14.3 Å². The second kappa shape index (κ2) is 18.6. The third kappa shape index (κ3) is 9.01. The van der Waals surface area contributed by atoms with Crippen LogP contribution in [0.4, 0.5) is 4.79 Å². The number of amides is 3. The van der Waals surface area contributed by atoms with Gasteiger partial charge in [-0.3, -0.25) is 24.2 Å². The van der Waals surface area contributed by atoms with Crippen molar-refractivity contribution in [3.63, 3.8) is 0 Å². The van der Waals surface area contributed by atoms with Gasteiger partial charge in [0.15, 0.2) is 5.78 Å². The molecule has 1 fully saturated rings. The lowest BCUT2D eigenvalue weighted by Crippen LogP contribution is -2.53. The third-order valence-corrected chi connectivity index (χ3v) is 11.9. The summed E-state index contributed by atoms with van der Waals surface area (Å²) in [5.41, 5.74) is 7.05. The molecule has 304 valence electrons. The molecule has 6 aromatic rings. The van der Waals surface area contributed by atoms with Gasteiger partial charge in [-0.15, -0.1) is 0 Å². The fourth-order valence-electron chi connectivity index (χ4n) is 8.71. The Kier molecular flexibility index (Phi) is 12.4. The Hall–Kier alpha value is -6.58. The Balaban J connectivity index is 1.02. The molecule has 0 radical (unpaired) electrons. The first kappa shape index (κ1) is 40.2. The number of carbonyl (C=O) groups is 4. The number of nitrogens with one attached hydrogen (secondary N) is 1. The topological polar surface area (TPSA) is 99.3 Å². The SMILES string of the molecule is CN1CCC[C@@H](C(=O)N(CCC(=O)CNC(=O)c2ccc3ccccc3c2)CC(c2ccccc2)c2ccccc2)N(C(=O)OCC2c3ccccc3-c3ccccc32)C1. The van der Waals surface area contributed by atoms with E-state index in [9.17, 15) is 14.4 Å². The van der Waals surface area contributed by atoms with Crippen molar-refractivity contribution in [2.24, 2.45) is 0 Å². The van der Waals surface area contributed by atoms with Gasteiger partial charge in [0.25, 0.3) is 5.91 Å². The van der Waals surface area contributed by atoms with Gasteiger partial charge >= 0.3 is 6.09 Å². The van der Waals surface area contributed by atoms with Crippen molar-refractivity contribution in [2.45, 2.75) is 37.1 Å². The quantitative estimate of drug-likeness (QED) is 0.126. The van der Waals surface area contributed by atoms with Crippen LogP contribution in [0.3, 0.4) is 0 Å². The van der Waals surface area contributed by atoms with Crippen LogP contribution in [-0.4, -0.2) is 90.9 Å². The second-order valence-corrected chi connectivity index (χ2v) is 15.8. The van der Waals surface area contributed by atoms with Crippen LogP contribution < -0.4 is 5.32 Å². The van der Waals surface area contributed by atoms with E-state index in [0.29, 0.717) is 24.9 Å². The fraction of sp³-hybridized carbons (Fsp3) is 0.255. The van der Waals surface area contributed by atoms with Gasteiger partial charge in [0.05, 0.1) is 13.2 Å². The van der Waals surface area contributed by atoms with Crippen molar-refractivity contribution in [2.75, 3.05) is 46.5 Å². The molecule has 0 spiro atoms. The highest BCUT2D eigenvalue weighted by molar-refractivity contribution is 6.00.